The number of thiophene rings is 1. The lowest BCUT2D eigenvalue weighted by Gasteiger charge is -2.32. The normalized spacial score (nSPS) is 14.9. The van der Waals surface area contributed by atoms with Gasteiger partial charge in [0.05, 0.1) is 6.54 Å². The Morgan fingerprint density at radius 1 is 1.23 bits per heavy atom. The van der Waals surface area contributed by atoms with Crippen LogP contribution in [0.1, 0.15) is 35.1 Å². The molecule has 3 heterocycles. The topological polar surface area (TPSA) is 95.6 Å². The molecule has 9 heteroatoms. The summed E-state index contributed by atoms with van der Waals surface area (Å²) in [5, 5.41) is 6.76. The molecule has 0 unspecified atom stereocenters. The van der Waals surface area contributed by atoms with Crippen LogP contribution in [0.4, 0.5) is 5.82 Å². The molecule has 0 radical (unpaired) electrons. The Morgan fingerprint density at radius 2 is 1.93 bits per heavy atom. The van der Waals surface area contributed by atoms with Crippen molar-refractivity contribution in [1.82, 2.24) is 15.6 Å². The number of anilines is 1. The number of nitrogens with two attached hydrogens (primary N) is 1. The van der Waals surface area contributed by atoms with Crippen molar-refractivity contribution in [3.63, 3.8) is 0 Å². The predicted octanol–water partition coefficient (Wildman–Crippen LogP) is 2.89. The molecular formula is C21H31IN6OS. The molecule has 0 saturated carbocycles. The number of guanidine groups is 1. The first-order valence-electron chi connectivity index (χ1n) is 10.1. The van der Waals surface area contributed by atoms with Crippen molar-refractivity contribution in [3.8, 4) is 0 Å². The SMILES string of the molecule is CCc1ccc(CNC(=NC)NCc2cccnc2N2CCC(C(N)=O)CC2)s1.I. The maximum atomic E-state index is 11.4. The van der Waals surface area contributed by atoms with Crippen molar-refractivity contribution in [1.29, 1.82) is 0 Å². The summed E-state index contributed by atoms with van der Waals surface area (Å²) in [5.41, 5.74) is 6.56. The second kappa shape index (κ2) is 12.1. The third kappa shape index (κ3) is 6.56. The molecule has 0 spiro atoms. The summed E-state index contributed by atoms with van der Waals surface area (Å²) in [6.07, 6.45) is 4.44. The number of rotatable bonds is 7. The molecule has 30 heavy (non-hydrogen) atoms. The second-order valence-electron chi connectivity index (χ2n) is 7.15. The molecule has 0 bridgehead atoms. The average molecular weight is 542 g/mol. The first-order valence-corrected chi connectivity index (χ1v) is 10.9. The molecule has 1 amide bonds. The third-order valence-electron chi connectivity index (χ3n) is 5.23. The summed E-state index contributed by atoms with van der Waals surface area (Å²) in [7, 11) is 1.78. The summed E-state index contributed by atoms with van der Waals surface area (Å²) in [5.74, 6) is 1.51. The van der Waals surface area contributed by atoms with Gasteiger partial charge in [-0.15, -0.1) is 35.3 Å². The van der Waals surface area contributed by atoms with Crippen LogP contribution >= 0.6 is 35.3 Å². The molecule has 1 aliphatic rings. The van der Waals surface area contributed by atoms with Crippen LogP contribution in [0.3, 0.4) is 0 Å². The third-order valence-corrected chi connectivity index (χ3v) is 6.46. The predicted molar refractivity (Wildman–Crippen MR) is 135 cm³/mol. The average Bonchev–Trinajstić information content (AvgIpc) is 3.22. The van der Waals surface area contributed by atoms with E-state index in [4.69, 9.17) is 5.73 Å². The molecule has 1 fully saturated rings. The minimum atomic E-state index is -0.195. The molecule has 0 aliphatic carbocycles. The van der Waals surface area contributed by atoms with Crippen molar-refractivity contribution >= 4 is 53.0 Å². The van der Waals surface area contributed by atoms with Gasteiger partial charge in [0.25, 0.3) is 0 Å². The van der Waals surface area contributed by atoms with Crippen molar-refractivity contribution < 1.29 is 4.79 Å². The van der Waals surface area contributed by atoms with Gasteiger partial charge in [-0.3, -0.25) is 9.79 Å². The summed E-state index contributed by atoms with van der Waals surface area (Å²) >= 11 is 1.83. The van der Waals surface area contributed by atoms with Gasteiger partial charge in [-0.1, -0.05) is 13.0 Å². The highest BCUT2D eigenvalue weighted by Crippen LogP contribution is 2.24. The van der Waals surface area contributed by atoms with Gasteiger partial charge in [0.15, 0.2) is 5.96 Å². The number of hydrogen-bond donors (Lipinski definition) is 3. The number of aliphatic imine (C=N–C) groups is 1. The lowest BCUT2D eigenvalue weighted by atomic mass is 9.96. The number of nitrogens with zero attached hydrogens (tertiary/aromatic N) is 3. The van der Waals surface area contributed by atoms with Crippen molar-refractivity contribution in [2.75, 3.05) is 25.0 Å². The highest BCUT2D eigenvalue weighted by molar-refractivity contribution is 14.0. The number of amides is 1. The Hall–Kier alpha value is -1.88. The number of halogens is 1. The van der Waals surface area contributed by atoms with Gasteiger partial charge in [0, 0.05) is 54.1 Å². The van der Waals surface area contributed by atoms with E-state index in [1.807, 2.05) is 23.6 Å². The van der Waals surface area contributed by atoms with Gasteiger partial charge in [-0.2, -0.15) is 0 Å². The van der Waals surface area contributed by atoms with Crippen LogP contribution in [-0.2, 0) is 24.3 Å². The van der Waals surface area contributed by atoms with E-state index in [1.165, 1.54) is 9.75 Å². The van der Waals surface area contributed by atoms with E-state index in [0.717, 1.165) is 56.2 Å². The molecule has 2 aromatic rings. The number of aryl methyl sites for hydroxylation is 1. The molecule has 1 aliphatic heterocycles. The Kier molecular flexibility index (Phi) is 9.83. The number of primary amides is 1. The summed E-state index contributed by atoms with van der Waals surface area (Å²) in [6, 6.07) is 8.38. The number of pyridine rings is 1. The maximum absolute atomic E-state index is 11.4. The number of nitrogens with one attached hydrogen (secondary N) is 2. The lowest BCUT2D eigenvalue weighted by Crippen LogP contribution is -2.40. The van der Waals surface area contributed by atoms with E-state index in [1.54, 1.807) is 7.05 Å². The van der Waals surface area contributed by atoms with Gasteiger partial charge >= 0.3 is 0 Å². The number of aromatic nitrogens is 1. The highest BCUT2D eigenvalue weighted by atomic mass is 127. The van der Waals surface area contributed by atoms with Crippen LogP contribution in [0.25, 0.3) is 0 Å². The van der Waals surface area contributed by atoms with Crippen LogP contribution in [0.2, 0.25) is 0 Å². The largest absolute Gasteiger partial charge is 0.369 e. The number of piperidine rings is 1. The number of carbonyl (C=O) groups excluding carboxylic acids is 1. The molecule has 3 rings (SSSR count). The molecule has 4 N–H and O–H groups in total. The lowest BCUT2D eigenvalue weighted by molar-refractivity contribution is -0.122. The molecule has 164 valence electrons. The molecule has 0 aromatic carbocycles. The first-order chi connectivity index (χ1) is 14.1. The van der Waals surface area contributed by atoms with Crippen LogP contribution in [0.15, 0.2) is 35.5 Å². The number of hydrogen-bond acceptors (Lipinski definition) is 5. The van der Waals surface area contributed by atoms with E-state index in [-0.39, 0.29) is 35.8 Å². The zero-order valence-electron chi connectivity index (χ0n) is 17.6. The van der Waals surface area contributed by atoms with Crippen LogP contribution in [0.5, 0.6) is 0 Å². The summed E-state index contributed by atoms with van der Waals surface area (Å²) in [6.45, 7) is 5.14. The van der Waals surface area contributed by atoms with Crippen LogP contribution in [-0.4, -0.2) is 37.0 Å². The fourth-order valence-electron chi connectivity index (χ4n) is 3.51. The van der Waals surface area contributed by atoms with Crippen molar-refractivity contribution in [2.24, 2.45) is 16.6 Å². The minimum Gasteiger partial charge on any atom is -0.369 e. The van der Waals surface area contributed by atoms with Crippen molar-refractivity contribution in [2.45, 2.75) is 39.3 Å². The standard InChI is InChI=1S/C21H30N6OS.HI/c1-3-17-6-7-18(29-17)14-26-21(23-2)25-13-16-5-4-10-24-20(16)27-11-8-15(9-12-27)19(22)28;/h4-7,10,15H,3,8-9,11-14H2,1-2H3,(H2,22,28)(H2,23,25,26);1H. The number of carbonyl (C=O) groups is 1. The van der Waals surface area contributed by atoms with E-state index in [2.05, 4.69) is 50.6 Å². The van der Waals surface area contributed by atoms with Gasteiger partial charge in [-0.25, -0.2) is 4.98 Å². The van der Waals surface area contributed by atoms with E-state index in [0.29, 0.717) is 6.54 Å². The van der Waals surface area contributed by atoms with Gasteiger partial charge < -0.3 is 21.3 Å². The van der Waals surface area contributed by atoms with E-state index < -0.39 is 0 Å². The first kappa shape index (κ1) is 24.4. The van der Waals surface area contributed by atoms with Gasteiger partial charge in [0.1, 0.15) is 5.82 Å². The Labute approximate surface area is 199 Å². The van der Waals surface area contributed by atoms with Crippen LogP contribution < -0.4 is 21.3 Å². The minimum absolute atomic E-state index is 0. The quantitative estimate of drug-likeness (QED) is 0.284. The fraction of sp³-hybridized carbons (Fsp3) is 0.476. The Balaban J connectivity index is 0.00000320. The van der Waals surface area contributed by atoms with Gasteiger partial charge in [0.2, 0.25) is 5.91 Å². The smallest absolute Gasteiger partial charge is 0.220 e. The maximum Gasteiger partial charge on any atom is 0.220 e. The monoisotopic (exact) mass is 542 g/mol. The molecule has 7 nitrogen and oxygen atoms in total. The molecule has 2 aromatic heterocycles. The summed E-state index contributed by atoms with van der Waals surface area (Å²) in [4.78, 5) is 25.3. The molecule has 1 saturated heterocycles. The van der Waals surface area contributed by atoms with E-state index in [9.17, 15) is 4.79 Å². The Morgan fingerprint density at radius 3 is 2.57 bits per heavy atom. The summed E-state index contributed by atoms with van der Waals surface area (Å²) < 4.78 is 0. The van der Waals surface area contributed by atoms with Crippen LogP contribution in [0, 0.1) is 5.92 Å². The molecule has 0 atom stereocenters. The van der Waals surface area contributed by atoms with E-state index >= 15 is 0 Å². The fourth-order valence-corrected chi connectivity index (χ4v) is 4.40. The highest BCUT2D eigenvalue weighted by Gasteiger charge is 2.24. The van der Waals surface area contributed by atoms with Gasteiger partial charge in [-0.05, 0) is 37.5 Å². The molecular weight excluding hydrogens is 511 g/mol. The van der Waals surface area contributed by atoms with Crippen molar-refractivity contribution in [3.05, 3.63) is 45.8 Å². The zero-order chi connectivity index (χ0) is 20.6. The Bertz CT molecular complexity index is 848. The zero-order valence-corrected chi connectivity index (χ0v) is 20.7. The second-order valence-corrected chi connectivity index (χ2v) is 8.40.